The fourth-order valence-electron chi connectivity index (χ4n) is 1.67. The molecule has 0 saturated heterocycles. The van der Waals surface area contributed by atoms with E-state index in [2.05, 4.69) is 5.32 Å². The molecule has 1 aromatic carbocycles. The van der Waals surface area contributed by atoms with Gasteiger partial charge in [0.2, 0.25) is 5.91 Å². The van der Waals surface area contributed by atoms with Crippen LogP contribution < -0.4 is 5.32 Å². The molecule has 0 fully saturated rings. The zero-order valence-corrected chi connectivity index (χ0v) is 7.66. The van der Waals surface area contributed by atoms with E-state index in [4.69, 9.17) is 5.11 Å². The number of hydrogen-bond acceptors (Lipinski definition) is 2. The van der Waals surface area contributed by atoms with E-state index in [-0.39, 0.29) is 6.42 Å². The second kappa shape index (κ2) is 3.34. The molecule has 1 aliphatic rings. The summed E-state index contributed by atoms with van der Waals surface area (Å²) >= 11 is 0. The van der Waals surface area contributed by atoms with Crippen LogP contribution >= 0.6 is 0 Å². The predicted molar refractivity (Wildman–Crippen MR) is 50.0 cm³/mol. The van der Waals surface area contributed by atoms with Crippen molar-refractivity contribution in [1.82, 2.24) is 0 Å². The van der Waals surface area contributed by atoms with Crippen LogP contribution in [0.4, 0.5) is 10.1 Å². The molecule has 0 saturated carbocycles. The molecular formula is C10H8FNO3. The standard InChI is InChI=1S/C10H8FNO3/c11-5-1-2-8-6(3-5)7(4-9(13)14)10(15)12-8/h1-3,7H,4H2,(H,12,15)(H,13,14). The van der Waals surface area contributed by atoms with E-state index < -0.39 is 23.6 Å². The highest BCUT2D eigenvalue weighted by molar-refractivity contribution is 6.04. The maximum Gasteiger partial charge on any atom is 0.304 e. The van der Waals surface area contributed by atoms with Crippen LogP contribution in [0.15, 0.2) is 18.2 Å². The van der Waals surface area contributed by atoms with Crippen LogP contribution in [0, 0.1) is 5.82 Å². The van der Waals surface area contributed by atoms with Gasteiger partial charge in [-0.3, -0.25) is 9.59 Å². The Morgan fingerprint density at radius 3 is 2.93 bits per heavy atom. The molecule has 5 heteroatoms. The Balaban J connectivity index is 2.39. The minimum Gasteiger partial charge on any atom is -0.481 e. The molecule has 0 aromatic heterocycles. The SMILES string of the molecule is O=C(O)CC1C(=O)Nc2ccc(F)cc21. The second-order valence-electron chi connectivity index (χ2n) is 3.37. The van der Waals surface area contributed by atoms with Gasteiger partial charge >= 0.3 is 5.97 Å². The Labute approximate surface area is 84.7 Å². The topological polar surface area (TPSA) is 66.4 Å². The third kappa shape index (κ3) is 1.68. The maximum absolute atomic E-state index is 12.9. The lowest BCUT2D eigenvalue weighted by molar-refractivity contribution is -0.138. The Kier molecular flexibility index (Phi) is 2.15. The third-order valence-corrected chi connectivity index (χ3v) is 2.34. The van der Waals surface area contributed by atoms with Gasteiger partial charge in [-0.15, -0.1) is 0 Å². The third-order valence-electron chi connectivity index (χ3n) is 2.34. The lowest BCUT2D eigenvalue weighted by atomic mass is 9.97. The molecule has 0 bridgehead atoms. The predicted octanol–water partition coefficient (Wildman–Crippen LogP) is 1.34. The number of carbonyl (C=O) groups excluding carboxylic acids is 1. The van der Waals surface area contributed by atoms with Crippen molar-refractivity contribution in [3.8, 4) is 0 Å². The van der Waals surface area contributed by atoms with Crippen molar-refractivity contribution in [2.75, 3.05) is 5.32 Å². The highest BCUT2D eigenvalue weighted by Gasteiger charge is 2.32. The Bertz CT molecular complexity index is 444. The first-order chi connectivity index (χ1) is 7.08. The molecule has 0 aliphatic carbocycles. The highest BCUT2D eigenvalue weighted by atomic mass is 19.1. The quantitative estimate of drug-likeness (QED) is 0.772. The van der Waals surface area contributed by atoms with Gasteiger partial charge in [0.25, 0.3) is 0 Å². The van der Waals surface area contributed by atoms with Gasteiger partial charge in [0.15, 0.2) is 0 Å². The summed E-state index contributed by atoms with van der Waals surface area (Å²) in [5, 5.41) is 11.1. The maximum atomic E-state index is 12.9. The number of rotatable bonds is 2. The van der Waals surface area contributed by atoms with Crippen LogP contribution in [-0.4, -0.2) is 17.0 Å². The number of amides is 1. The average Bonchev–Trinajstić information content (AvgIpc) is 2.43. The minimum atomic E-state index is -1.08. The fraction of sp³-hybridized carbons (Fsp3) is 0.200. The zero-order valence-electron chi connectivity index (χ0n) is 7.66. The van der Waals surface area contributed by atoms with Crippen LogP contribution in [0.25, 0.3) is 0 Å². The number of carbonyl (C=O) groups is 2. The number of aliphatic carboxylic acids is 1. The van der Waals surface area contributed by atoms with Gasteiger partial charge in [0.1, 0.15) is 5.82 Å². The number of carboxylic acids is 1. The number of fused-ring (bicyclic) bond motifs is 1. The van der Waals surface area contributed by atoms with Gasteiger partial charge in [-0.1, -0.05) is 0 Å². The molecule has 1 heterocycles. The van der Waals surface area contributed by atoms with E-state index in [9.17, 15) is 14.0 Å². The van der Waals surface area contributed by atoms with Crippen LogP contribution in [0.5, 0.6) is 0 Å². The van der Waals surface area contributed by atoms with Crippen molar-refractivity contribution in [3.63, 3.8) is 0 Å². The molecule has 2 rings (SSSR count). The van der Waals surface area contributed by atoms with Crippen LogP contribution in [-0.2, 0) is 9.59 Å². The number of halogens is 1. The van der Waals surface area contributed by atoms with Gasteiger partial charge in [-0.2, -0.15) is 0 Å². The van der Waals surface area contributed by atoms with E-state index in [1.54, 1.807) is 0 Å². The first kappa shape index (κ1) is 9.64. The molecule has 0 spiro atoms. The molecule has 2 N–H and O–H groups in total. The smallest absolute Gasteiger partial charge is 0.304 e. The first-order valence-electron chi connectivity index (χ1n) is 4.40. The first-order valence-corrected chi connectivity index (χ1v) is 4.40. The molecule has 1 aliphatic heterocycles. The summed E-state index contributed by atoms with van der Waals surface area (Å²) in [6.07, 6.45) is -0.317. The van der Waals surface area contributed by atoms with Gasteiger partial charge < -0.3 is 10.4 Å². The van der Waals surface area contributed by atoms with Crippen molar-refractivity contribution in [1.29, 1.82) is 0 Å². The molecule has 1 aromatic rings. The molecule has 1 atom stereocenters. The summed E-state index contributed by atoms with van der Waals surface area (Å²) in [6, 6.07) is 3.85. The summed E-state index contributed by atoms with van der Waals surface area (Å²) in [5.41, 5.74) is 0.912. The average molecular weight is 209 g/mol. The van der Waals surface area contributed by atoms with Crippen molar-refractivity contribution in [2.45, 2.75) is 12.3 Å². The normalized spacial score (nSPS) is 18.5. The lowest BCUT2D eigenvalue weighted by Gasteiger charge is -2.04. The lowest BCUT2D eigenvalue weighted by Crippen LogP contribution is -2.15. The van der Waals surface area contributed by atoms with Crippen molar-refractivity contribution in [2.24, 2.45) is 0 Å². The molecule has 0 radical (unpaired) electrons. The van der Waals surface area contributed by atoms with Crippen LogP contribution in [0.1, 0.15) is 17.9 Å². The molecule has 4 nitrogen and oxygen atoms in total. The van der Waals surface area contributed by atoms with Gasteiger partial charge in [-0.05, 0) is 23.8 Å². The number of carboxylic acid groups (broad SMARTS) is 1. The van der Waals surface area contributed by atoms with Gasteiger partial charge in [-0.25, -0.2) is 4.39 Å². The largest absolute Gasteiger partial charge is 0.481 e. The van der Waals surface area contributed by atoms with Gasteiger partial charge in [0.05, 0.1) is 12.3 Å². The molecule has 15 heavy (non-hydrogen) atoms. The summed E-state index contributed by atoms with van der Waals surface area (Å²) in [7, 11) is 0. The van der Waals surface area contributed by atoms with E-state index in [1.807, 2.05) is 0 Å². The fourth-order valence-corrected chi connectivity index (χ4v) is 1.67. The summed E-state index contributed by atoms with van der Waals surface area (Å²) < 4.78 is 12.9. The molecule has 1 amide bonds. The summed E-state index contributed by atoms with van der Waals surface area (Å²) in [6.45, 7) is 0. The minimum absolute atomic E-state index is 0.317. The van der Waals surface area contributed by atoms with Crippen molar-refractivity contribution >= 4 is 17.6 Å². The van der Waals surface area contributed by atoms with Crippen molar-refractivity contribution in [3.05, 3.63) is 29.6 Å². The zero-order chi connectivity index (χ0) is 11.0. The number of benzene rings is 1. The van der Waals surface area contributed by atoms with E-state index >= 15 is 0 Å². The van der Waals surface area contributed by atoms with Crippen LogP contribution in [0.3, 0.4) is 0 Å². The summed E-state index contributed by atoms with van der Waals surface area (Å²) in [4.78, 5) is 21.9. The number of hydrogen-bond donors (Lipinski definition) is 2. The van der Waals surface area contributed by atoms with E-state index in [0.717, 1.165) is 0 Å². The Morgan fingerprint density at radius 2 is 2.27 bits per heavy atom. The number of nitrogens with one attached hydrogen (secondary N) is 1. The van der Waals surface area contributed by atoms with E-state index in [0.29, 0.717) is 11.3 Å². The monoisotopic (exact) mass is 209 g/mol. The molecule has 78 valence electrons. The molecular weight excluding hydrogens is 201 g/mol. The molecule has 1 unspecified atom stereocenters. The van der Waals surface area contributed by atoms with Crippen LogP contribution in [0.2, 0.25) is 0 Å². The number of anilines is 1. The summed E-state index contributed by atoms with van der Waals surface area (Å²) in [5.74, 6) is -2.72. The van der Waals surface area contributed by atoms with Gasteiger partial charge in [0, 0.05) is 5.69 Å². The van der Waals surface area contributed by atoms with E-state index in [1.165, 1.54) is 18.2 Å². The second-order valence-corrected chi connectivity index (χ2v) is 3.37. The highest BCUT2D eigenvalue weighted by Crippen LogP contribution is 2.34. The van der Waals surface area contributed by atoms with Crippen molar-refractivity contribution < 1.29 is 19.1 Å². The Morgan fingerprint density at radius 1 is 1.53 bits per heavy atom. The Hall–Kier alpha value is -1.91.